The molecule has 6 heteroatoms. The van der Waals surface area contributed by atoms with E-state index in [9.17, 15) is 4.79 Å². The van der Waals surface area contributed by atoms with Crippen molar-refractivity contribution in [2.45, 2.75) is 0 Å². The van der Waals surface area contributed by atoms with Gasteiger partial charge in [-0.15, -0.1) is 12.4 Å². The van der Waals surface area contributed by atoms with Crippen LogP contribution in [0.5, 0.6) is 0 Å². The maximum absolute atomic E-state index is 11.8. The van der Waals surface area contributed by atoms with Gasteiger partial charge in [0.05, 0.1) is 13.2 Å². The average Bonchev–Trinajstić information content (AvgIpc) is 2.27. The largest absolute Gasteiger partial charge is 0.383 e. The molecule has 0 unspecified atom stereocenters. The highest BCUT2D eigenvalue weighted by molar-refractivity contribution is 5.85. The Morgan fingerprint density at radius 1 is 1.44 bits per heavy atom. The van der Waals surface area contributed by atoms with E-state index in [2.05, 4.69) is 5.32 Å². The Morgan fingerprint density at radius 2 is 2.06 bits per heavy atom. The molecule has 1 aliphatic rings. The highest BCUT2D eigenvalue weighted by Crippen LogP contribution is 1.95. The standard InChI is InChI=1S/C10H21N3O2.ClH/c1-12(7-8-15-2)9-10(14)13-5-3-11-4-6-13;/h11H,3-9H2,1-2H3;1H. The number of carbonyl (C=O) groups is 1. The number of amides is 1. The normalized spacial score (nSPS) is 16.1. The second kappa shape index (κ2) is 8.75. The summed E-state index contributed by atoms with van der Waals surface area (Å²) in [6.07, 6.45) is 0. The summed E-state index contributed by atoms with van der Waals surface area (Å²) in [5.74, 6) is 0.218. The molecule has 0 spiro atoms. The van der Waals surface area contributed by atoms with Crippen LogP contribution in [0.15, 0.2) is 0 Å². The zero-order valence-corrected chi connectivity index (χ0v) is 10.9. The van der Waals surface area contributed by atoms with Crippen molar-refractivity contribution in [3.63, 3.8) is 0 Å². The second-order valence-corrected chi connectivity index (χ2v) is 3.86. The Morgan fingerprint density at radius 3 is 2.62 bits per heavy atom. The molecule has 0 radical (unpaired) electrons. The molecule has 0 aromatic rings. The highest BCUT2D eigenvalue weighted by atomic mass is 35.5. The van der Waals surface area contributed by atoms with Gasteiger partial charge in [0.15, 0.2) is 0 Å². The van der Waals surface area contributed by atoms with Gasteiger partial charge in [0, 0.05) is 39.8 Å². The first-order valence-electron chi connectivity index (χ1n) is 5.40. The van der Waals surface area contributed by atoms with Crippen molar-refractivity contribution < 1.29 is 9.53 Å². The van der Waals surface area contributed by atoms with E-state index in [1.807, 2.05) is 16.8 Å². The van der Waals surface area contributed by atoms with E-state index in [4.69, 9.17) is 4.74 Å². The van der Waals surface area contributed by atoms with Crippen LogP contribution in [-0.2, 0) is 9.53 Å². The van der Waals surface area contributed by atoms with Gasteiger partial charge in [-0.2, -0.15) is 0 Å². The van der Waals surface area contributed by atoms with E-state index in [0.717, 1.165) is 32.7 Å². The maximum atomic E-state index is 11.8. The Labute approximate surface area is 104 Å². The van der Waals surface area contributed by atoms with Crippen LogP contribution in [0.25, 0.3) is 0 Å². The molecular formula is C10H22ClN3O2. The fourth-order valence-corrected chi connectivity index (χ4v) is 1.57. The number of halogens is 1. The molecule has 1 heterocycles. The van der Waals surface area contributed by atoms with Crippen LogP contribution in [0.4, 0.5) is 0 Å². The van der Waals surface area contributed by atoms with E-state index < -0.39 is 0 Å². The molecule has 0 saturated carbocycles. The molecule has 1 saturated heterocycles. The van der Waals surface area contributed by atoms with Gasteiger partial charge in [-0.1, -0.05) is 0 Å². The van der Waals surface area contributed by atoms with Crippen molar-refractivity contribution in [2.75, 3.05) is 60.0 Å². The number of carbonyl (C=O) groups excluding carboxylic acids is 1. The summed E-state index contributed by atoms with van der Waals surface area (Å²) < 4.78 is 4.96. The molecule has 1 N–H and O–H groups in total. The zero-order valence-electron chi connectivity index (χ0n) is 10.1. The maximum Gasteiger partial charge on any atom is 0.236 e. The van der Waals surface area contributed by atoms with Gasteiger partial charge in [-0.05, 0) is 7.05 Å². The topological polar surface area (TPSA) is 44.8 Å². The van der Waals surface area contributed by atoms with Crippen LogP contribution in [-0.4, -0.2) is 75.7 Å². The molecule has 0 aromatic heterocycles. The van der Waals surface area contributed by atoms with Crippen LogP contribution in [0, 0.1) is 0 Å². The summed E-state index contributed by atoms with van der Waals surface area (Å²) in [4.78, 5) is 15.7. The number of hydrogen-bond donors (Lipinski definition) is 1. The third kappa shape index (κ3) is 5.65. The molecule has 1 amide bonds. The monoisotopic (exact) mass is 251 g/mol. The first kappa shape index (κ1) is 15.6. The van der Waals surface area contributed by atoms with Crippen LogP contribution < -0.4 is 5.32 Å². The Balaban J connectivity index is 0.00000225. The van der Waals surface area contributed by atoms with Crippen LogP contribution in [0.3, 0.4) is 0 Å². The van der Waals surface area contributed by atoms with Gasteiger partial charge in [0.1, 0.15) is 0 Å². The number of hydrogen-bond acceptors (Lipinski definition) is 4. The summed E-state index contributed by atoms with van der Waals surface area (Å²) in [7, 11) is 3.62. The summed E-state index contributed by atoms with van der Waals surface area (Å²) >= 11 is 0. The van der Waals surface area contributed by atoms with Crippen molar-refractivity contribution in [1.29, 1.82) is 0 Å². The van der Waals surface area contributed by atoms with E-state index in [1.54, 1.807) is 7.11 Å². The number of piperazine rings is 1. The number of likely N-dealkylation sites (N-methyl/N-ethyl adjacent to an activating group) is 1. The lowest BCUT2D eigenvalue weighted by Gasteiger charge is -2.29. The van der Waals surface area contributed by atoms with Gasteiger partial charge >= 0.3 is 0 Å². The molecule has 0 aromatic carbocycles. The van der Waals surface area contributed by atoms with Crippen molar-refractivity contribution in [2.24, 2.45) is 0 Å². The van der Waals surface area contributed by atoms with E-state index >= 15 is 0 Å². The fourth-order valence-electron chi connectivity index (χ4n) is 1.57. The number of nitrogens with one attached hydrogen (secondary N) is 1. The number of ether oxygens (including phenoxy) is 1. The van der Waals surface area contributed by atoms with Crippen molar-refractivity contribution in [3.05, 3.63) is 0 Å². The van der Waals surface area contributed by atoms with Crippen LogP contribution in [0.2, 0.25) is 0 Å². The SMILES string of the molecule is COCCN(C)CC(=O)N1CCNCC1.Cl. The van der Waals surface area contributed by atoms with E-state index in [0.29, 0.717) is 13.2 Å². The molecule has 16 heavy (non-hydrogen) atoms. The molecule has 96 valence electrons. The summed E-state index contributed by atoms with van der Waals surface area (Å²) in [5, 5.41) is 3.23. The fraction of sp³-hybridized carbons (Fsp3) is 0.900. The summed E-state index contributed by atoms with van der Waals surface area (Å²) in [6.45, 7) is 5.44. The minimum atomic E-state index is 0. The lowest BCUT2D eigenvalue weighted by molar-refractivity contribution is -0.132. The Hall–Kier alpha value is -0.360. The van der Waals surface area contributed by atoms with Gasteiger partial charge in [0.25, 0.3) is 0 Å². The smallest absolute Gasteiger partial charge is 0.236 e. The summed E-state index contributed by atoms with van der Waals surface area (Å²) in [6, 6.07) is 0. The van der Waals surface area contributed by atoms with Gasteiger partial charge < -0.3 is 15.0 Å². The van der Waals surface area contributed by atoms with E-state index in [1.165, 1.54) is 0 Å². The molecule has 0 aliphatic carbocycles. The van der Waals surface area contributed by atoms with Gasteiger partial charge in [0.2, 0.25) is 5.91 Å². The van der Waals surface area contributed by atoms with Crippen molar-refractivity contribution >= 4 is 18.3 Å². The lowest BCUT2D eigenvalue weighted by Crippen LogP contribution is -2.49. The van der Waals surface area contributed by atoms with Crippen LogP contribution in [0.1, 0.15) is 0 Å². The number of nitrogens with zero attached hydrogens (tertiary/aromatic N) is 2. The second-order valence-electron chi connectivity index (χ2n) is 3.86. The third-order valence-electron chi connectivity index (χ3n) is 2.55. The molecular weight excluding hydrogens is 230 g/mol. The van der Waals surface area contributed by atoms with E-state index in [-0.39, 0.29) is 18.3 Å². The van der Waals surface area contributed by atoms with Crippen molar-refractivity contribution in [3.8, 4) is 0 Å². The summed E-state index contributed by atoms with van der Waals surface area (Å²) in [5.41, 5.74) is 0. The van der Waals surface area contributed by atoms with Crippen molar-refractivity contribution in [1.82, 2.24) is 15.1 Å². The number of rotatable bonds is 5. The Kier molecular flexibility index (Phi) is 8.56. The lowest BCUT2D eigenvalue weighted by atomic mass is 10.3. The molecule has 1 fully saturated rings. The van der Waals surface area contributed by atoms with Gasteiger partial charge in [-0.25, -0.2) is 0 Å². The molecule has 1 rings (SSSR count). The minimum absolute atomic E-state index is 0. The predicted molar refractivity (Wildman–Crippen MR) is 66.1 cm³/mol. The first-order valence-corrected chi connectivity index (χ1v) is 5.40. The number of methoxy groups -OCH3 is 1. The molecule has 0 atom stereocenters. The average molecular weight is 252 g/mol. The molecule has 5 nitrogen and oxygen atoms in total. The predicted octanol–water partition coefficient (Wildman–Crippen LogP) is -0.582. The quantitative estimate of drug-likeness (QED) is 0.710. The Bertz CT molecular complexity index is 199. The zero-order chi connectivity index (χ0) is 11.1. The third-order valence-corrected chi connectivity index (χ3v) is 2.55. The highest BCUT2D eigenvalue weighted by Gasteiger charge is 2.16. The molecule has 1 aliphatic heterocycles. The van der Waals surface area contributed by atoms with Gasteiger partial charge in [-0.3, -0.25) is 9.69 Å². The minimum Gasteiger partial charge on any atom is -0.383 e. The van der Waals surface area contributed by atoms with Crippen LogP contribution >= 0.6 is 12.4 Å². The first-order chi connectivity index (χ1) is 7.24. The molecule has 0 bridgehead atoms.